The second kappa shape index (κ2) is 7.46. The molecule has 2 rings (SSSR count). The minimum atomic E-state index is -0.509. The molecular weight excluding hydrogens is 267 g/mol. The first kappa shape index (κ1) is 15.9. The quantitative estimate of drug-likeness (QED) is 0.877. The van der Waals surface area contributed by atoms with Gasteiger partial charge in [0, 0.05) is 24.1 Å². The van der Waals surface area contributed by atoms with E-state index >= 15 is 0 Å². The SMILES string of the molecule is CC.NC1CCC(NC(=O)c2cc(F)cc(Cl)c2)C1.[HH]. The van der Waals surface area contributed by atoms with Crippen LogP contribution in [0.1, 0.15) is 44.9 Å². The molecule has 3 nitrogen and oxygen atoms in total. The highest BCUT2D eigenvalue weighted by Gasteiger charge is 2.23. The molecule has 108 valence electrons. The van der Waals surface area contributed by atoms with Gasteiger partial charge < -0.3 is 11.1 Å². The number of amides is 1. The van der Waals surface area contributed by atoms with E-state index in [1.807, 2.05) is 13.8 Å². The van der Waals surface area contributed by atoms with Crippen LogP contribution in [0.3, 0.4) is 0 Å². The molecule has 1 saturated carbocycles. The third kappa shape index (κ3) is 4.80. The van der Waals surface area contributed by atoms with Crippen molar-refractivity contribution in [2.75, 3.05) is 0 Å². The van der Waals surface area contributed by atoms with Gasteiger partial charge in [-0.05, 0) is 37.5 Å². The van der Waals surface area contributed by atoms with E-state index in [4.69, 9.17) is 17.3 Å². The van der Waals surface area contributed by atoms with Gasteiger partial charge in [0.2, 0.25) is 0 Å². The van der Waals surface area contributed by atoms with Crippen LogP contribution in [0.4, 0.5) is 4.39 Å². The monoisotopic (exact) mass is 288 g/mol. The van der Waals surface area contributed by atoms with Crippen molar-refractivity contribution in [1.82, 2.24) is 5.32 Å². The van der Waals surface area contributed by atoms with E-state index in [9.17, 15) is 9.18 Å². The Hall–Kier alpha value is -1.13. The van der Waals surface area contributed by atoms with Crippen molar-refractivity contribution in [2.45, 2.75) is 45.2 Å². The van der Waals surface area contributed by atoms with Crippen molar-refractivity contribution in [1.29, 1.82) is 0 Å². The van der Waals surface area contributed by atoms with E-state index in [1.165, 1.54) is 18.2 Å². The maximum absolute atomic E-state index is 13.1. The normalized spacial score (nSPS) is 21.5. The summed E-state index contributed by atoms with van der Waals surface area (Å²) < 4.78 is 13.1. The highest BCUT2D eigenvalue weighted by molar-refractivity contribution is 6.31. The Bertz CT molecular complexity index is 425. The number of nitrogens with one attached hydrogen (secondary N) is 1. The minimum absolute atomic E-state index is 0. The fourth-order valence-corrected chi connectivity index (χ4v) is 2.32. The summed E-state index contributed by atoms with van der Waals surface area (Å²) in [6.45, 7) is 4.00. The molecule has 1 fully saturated rings. The third-order valence-electron chi connectivity index (χ3n) is 2.93. The molecule has 1 aliphatic rings. The first-order valence-electron chi connectivity index (χ1n) is 6.57. The summed E-state index contributed by atoms with van der Waals surface area (Å²) in [5, 5.41) is 3.06. The van der Waals surface area contributed by atoms with Gasteiger partial charge in [0.05, 0.1) is 0 Å². The smallest absolute Gasteiger partial charge is 0.251 e. The zero-order chi connectivity index (χ0) is 14.4. The largest absolute Gasteiger partial charge is 0.349 e. The summed E-state index contributed by atoms with van der Waals surface area (Å²) in [6, 6.07) is 4.03. The lowest BCUT2D eigenvalue weighted by Crippen LogP contribution is -2.34. The van der Waals surface area contributed by atoms with Crippen LogP contribution in [0.2, 0.25) is 5.02 Å². The van der Waals surface area contributed by atoms with Crippen molar-refractivity contribution in [3.05, 3.63) is 34.6 Å². The maximum Gasteiger partial charge on any atom is 0.251 e. The Morgan fingerprint density at radius 3 is 2.63 bits per heavy atom. The van der Waals surface area contributed by atoms with Gasteiger partial charge in [-0.25, -0.2) is 4.39 Å². The van der Waals surface area contributed by atoms with Gasteiger partial charge >= 0.3 is 0 Å². The molecule has 1 aromatic rings. The Labute approximate surface area is 119 Å². The summed E-state index contributed by atoms with van der Waals surface area (Å²) in [4.78, 5) is 11.8. The van der Waals surface area contributed by atoms with Crippen molar-refractivity contribution < 1.29 is 10.6 Å². The molecule has 0 aromatic heterocycles. The van der Waals surface area contributed by atoms with Gasteiger partial charge in [-0.2, -0.15) is 0 Å². The second-order valence-electron chi connectivity index (χ2n) is 4.40. The fraction of sp³-hybridized carbons (Fsp3) is 0.500. The van der Waals surface area contributed by atoms with Crippen LogP contribution < -0.4 is 11.1 Å². The van der Waals surface area contributed by atoms with E-state index in [-0.39, 0.29) is 30.0 Å². The molecule has 0 bridgehead atoms. The number of hydrogen-bond donors (Lipinski definition) is 2. The molecule has 0 saturated heterocycles. The Balaban J connectivity index is 0.00000115. The van der Waals surface area contributed by atoms with Gasteiger partial charge in [0.25, 0.3) is 5.91 Å². The first-order chi connectivity index (χ1) is 9.04. The molecule has 0 spiro atoms. The number of hydrogen-bond acceptors (Lipinski definition) is 2. The predicted molar refractivity (Wildman–Crippen MR) is 78.0 cm³/mol. The molecular formula is C14H22ClFN2O. The number of halogens is 2. The molecule has 19 heavy (non-hydrogen) atoms. The lowest BCUT2D eigenvalue weighted by atomic mass is 10.1. The molecule has 2 atom stereocenters. The molecule has 0 heterocycles. The number of rotatable bonds is 2. The lowest BCUT2D eigenvalue weighted by molar-refractivity contribution is 0.0937. The average molecular weight is 289 g/mol. The third-order valence-corrected chi connectivity index (χ3v) is 3.15. The second-order valence-corrected chi connectivity index (χ2v) is 4.84. The predicted octanol–water partition coefficient (Wildman–Crippen LogP) is 3.36. The molecule has 0 radical (unpaired) electrons. The average Bonchev–Trinajstić information content (AvgIpc) is 2.76. The fourth-order valence-electron chi connectivity index (χ4n) is 2.10. The highest BCUT2D eigenvalue weighted by atomic mass is 35.5. The van der Waals surface area contributed by atoms with Crippen molar-refractivity contribution in [2.24, 2.45) is 5.73 Å². The van der Waals surface area contributed by atoms with Crippen molar-refractivity contribution in [3.63, 3.8) is 0 Å². The summed E-state index contributed by atoms with van der Waals surface area (Å²) >= 11 is 5.69. The van der Waals surface area contributed by atoms with Crippen LogP contribution in [0.25, 0.3) is 0 Å². The van der Waals surface area contributed by atoms with Gasteiger partial charge in [0.1, 0.15) is 5.82 Å². The Morgan fingerprint density at radius 1 is 1.42 bits per heavy atom. The number of nitrogens with two attached hydrogens (primary N) is 1. The standard InChI is InChI=1S/C12H14ClFN2O.C2H6.H2/c13-8-3-7(4-9(14)5-8)12(17)16-11-2-1-10(15)6-11;1-2;/h3-5,10-11H,1-2,6,15H2,(H,16,17);1-2H3;1H. The van der Waals surface area contributed by atoms with E-state index < -0.39 is 5.82 Å². The van der Waals surface area contributed by atoms with Crippen molar-refractivity contribution >= 4 is 17.5 Å². The highest BCUT2D eigenvalue weighted by Crippen LogP contribution is 2.19. The van der Waals surface area contributed by atoms with Gasteiger partial charge in [-0.3, -0.25) is 4.79 Å². The number of benzene rings is 1. The Kier molecular flexibility index (Phi) is 6.25. The van der Waals surface area contributed by atoms with Crippen LogP contribution in [0.15, 0.2) is 18.2 Å². The molecule has 0 aliphatic heterocycles. The molecule has 3 N–H and O–H groups in total. The molecule has 2 unspecified atom stereocenters. The van der Waals surface area contributed by atoms with E-state index in [1.54, 1.807) is 0 Å². The first-order valence-corrected chi connectivity index (χ1v) is 6.95. The molecule has 1 aromatic carbocycles. The number of carbonyl (C=O) groups is 1. The van der Waals surface area contributed by atoms with Gasteiger partial charge in [-0.1, -0.05) is 25.4 Å². The maximum atomic E-state index is 13.1. The topological polar surface area (TPSA) is 55.1 Å². The van der Waals surface area contributed by atoms with E-state index in [0.29, 0.717) is 0 Å². The summed E-state index contributed by atoms with van der Waals surface area (Å²) in [7, 11) is 0. The van der Waals surface area contributed by atoms with Crippen LogP contribution >= 0.6 is 11.6 Å². The van der Waals surface area contributed by atoms with Crippen LogP contribution in [-0.4, -0.2) is 18.0 Å². The van der Waals surface area contributed by atoms with Gasteiger partial charge in [0.15, 0.2) is 0 Å². The van der Waals surface area contributed by atoms with Crippen LogP contribution in [0, 0.1) is 5.82 Å². The Morgan fingerprint density at radius 2 is 2.11 bits per heavy atom. The zero-order valence-electron chi connectivity index (χ0n) is 11.2. The van der Waals surface area contributed by atoms with E-state index in [2.05, 4.69) is 5.32 Å². The number of carbonyl (C=O) groups excluding carboxylic acids is 1. The van der Waals surface area contributed by atoms with Gasteiger partial charge in [-0.15, -0.1) is 0 Å². The van der Waals surface area contributed by atoms with E-state index in [0.717, 1.165) is 19.3 Å². The molecule has 5 heteroatoms. The molecule has 1 aliphatic carbocycles. The zero-order valence-corrected chi connectivity index (χ0v) is 12.0. The summed E-state index contributed by atoms with van der Waals surface area (Å²) in [6.07, 6.45) is 2.56. The summed E-state index contributed by atoms with van der Waals surface area (Å²) in [5.74, 6) is -0.809. The lowest BCUT2D eigenvalue weighted by Gasteiger charge is -2.12. The van der Waals surface area contributed by atoms with Crippen molar-refractivity contribution in [3.8, 4) is 0 Å². The summed E-state index contributed by atoms with van der Waals surface area (Å²) in [5.41, 5.74) is 6.00. The van der Waals surface area contributed by atoms with Crippen LogP contribution in [0.5, 0.6) is 0 Å². The minimum Gasteiger partial charge on any atom is -0.349 e. The van der Waals surface area contributed by atoms with Crippen LogP contribution in [-0.2, 0) is 0 Å². The molecule has 1 amide bonds.